The largest absolute Gasteiger partial charge is 0.497 e. The number of ether oxygens (including phenoxy) is 1. The average molecular weight is 386 g/mol. The number of hydrogen-bond donors (Lipinski definition) is 1. The van der Waals surface area contributed by atoms with E-state index in [1.807, 2.05) is 0 Å². The molecule has 1 fully saturated rings. The van der Waals surface area contributed by atoms with Crippen molar-refractivity contribution in [2.45, 2.75) is 30.3 Å². The lowest BCUT2D eigenvalue weighted by molar-refractivity contribution is -0.117. The molecule has 2 aromatic rings. The molecule has 2 amide bonds. The Morgan fingerprint density at radius 2 is 2.19 bits per heavy atom. The maximum absolute atomic E-state index is 12.9. The fraction of sp³-hybridized carbons (Fsp3) is 0.333. The number of hydrogen-bond acceptors (Lipinski definition) is 6. The van der Waals surface area contributed by atoms with Gasteiger partial charge in [-0.3, -0.25) is 14.4 Å². The summed E-state index contributed by atoms with van der Waals surface area (Å²) < 4.78 is 6.23. The Labute approximate surface area is 159 Å². The number of methoxy groups -OCH3 is 1. The van der Waals surface area contributed by atoms with Gasteiger partial charge in [-0.15, -0.1) is 11.8 Å². The van der Waals surface area contributed by atoms with Crippen molar-refractivity contribution in [2.75, 3.05) is 23.1 Å². The molecule has 1 aromatic carbocycles. The van der Waals surface area contributed by atoms with Crippen LogP contribution < -0.4 is 20.5 Å². The Morgan fingerprint density at radius 3 is 2.93 bits per heavy atom. The summed E-state index contributed by atoms with van der Waals surface area (Å²) in [6.07, 6.45) is 3.35. The first-order chi connectivity index (χ1) is 13.1. The molecule has 8 nitrogen and oxygen atoms in total. The zero-order valence-electron chi connectivity index (χ0n) is 14.7. The van der Waals surface area contributed by atoms with Crippen LogP contribution >= 0.6 is 11.8 Å². The van der Waals surface area contributed by atoms with E-state index in [2.05, 4.69) is 10.4 Å². The van der Waals surface area contributed by atoms with Gasteiger partial charge in [-0.1, -0.05) is 6.07 Å². The first-order valence-electron chi connectivity index (χ1n) is 8.55. The summed E-state index contributed by atoms with van der Waals surface area (Å²) in [6.45, 7) is -0.235. The Morgan fingerprint density at radius 1 is 1.37 bits per heavy atom. The van der Waals surface area contributed by atoms with Gasteiger partial charge in [0.05, 0.1) is 24.0 Å². The monoisotopic (exact) mass is 386 g/mol. The van der Waals surface area contributed by atoms with Crippen LogP contribution in [0.5, 0.6) is 5.75 Å². The number of thioether (sulfide) groups is 1. The second-order valence-corrected chi connectivity index (χ2v) is 7.40. The Balaban J connectivity index is 1.57. The third-order valence-corrected chi connectivity index (χ3v) is 5.41. The van der Waals surface area contributed by atoms with E-state index >= 15 is 0 Å². The summed E-state index contributed by atoms with van der Waals surface area (Å²) in [6, 6.07) is 7.03. The van der Waals surface area contributed by atoms with Crippen molar-refractivity contribution in [3.8, 4) is 5.75 Å². The van der Waals surface area contributed by atoms with E-state index in [0.29, 0.717) is 27.8 Å². The summed E-state index contributed by atoms with van der Waals surface area (Å²) in [5, 5.41) is 6.83. The average Bonchev–Trinajstić information content (AvgIpc) is 3.49. The lowest BCUT2D eigenvalue weighted by Crippen LogP contribution is -2.43. The highest BCUT2D eigenvalue weighted by atomic mass is 32.2. The second-order valence-electron chi connectivity index (χ2n) is 6.38. The standard InChI is InChI=1S/C18H18N4O4S/c1-26-13-4-2-3-11(7-13)20-15(23)9-21-18(25)17-14(8-19-21)27-10-16(24)22(17)12-5-6-12/h2-4,7-8,12H,5-6,9-10H2,1H3,(H,20,23). The van der Waals surface area contributed by atoms with Gasteiger partial charge >= 0.3 is 0 Å². The van der Waals surface area contributed by atoms with Crippen molar-refractivity contribution >= 4 is 35.0 Å². The van der Waals surface area contributed by atoms with Crippen LogP contribution in [0.15, 0.2) is 40.2 Å². The summed E-state index contributed by atoms with van der Waals surface area (Å²) in [7, 11) is 1.54. The highest BCUT2D eigenvalue weighted by molar-refractivity contribution is 8.00. The summed E-state index contributed by atoms with van der Waals surface area (Å²) in [5.74, 6) is 0.481. The lowest BCUT2D eigenvalue weighted by atomic mass is 10.3. The van der Waals surface area contributed by atoms with Crippen LogP contribution in [0.25, 0.3) is 0 Å². The van der Waals surface area contributed by atoms with Gasteiger partial charge in [-0.25, -0.2) is 4.68 Å². The molecule has 1 aliphatic heterocycles. The van der Waals surface area contributed by atoms with E-state index in [-0.39, 0.29) is 24.4 Å². The zero-order valence-corrected chi connectivity index (χ0v) is 15.5. The quantitative estimate of drug-likeness (QED) is 0.837. The fourth-order valence-electron chi connectivity index (χ4n) is 2.99. The molecule has 1 saturated carbocycles. The maximum atomic E-state index is 12.9. The molecule has 2 heterocycles. The summed E-state index contributed by atoms with van der Waals surface area (Å²) >= 11 is 1.31. The van der Waals surface area contributed by atoms with Crippen molar-refractivity contribution in [3.05, 3.63) is 40.8 Å². The number of aromatic nitrogens is 2. The molecule has 1 aromatic heterocycles. The molecule has 4 rings (SSSR count). The zero-order chi connectivity index (χ0) is 19.0. The van der Waals surface area contributed by atoms with E-state index in [0.717, 1.165) is 17.5 Å². The van der Waals surface area contributed by atoms with E-state index in [1.165, 1.54) is 11.8 Å². The smallest absolute Gasteiger partial charge is 0.292 e. The van der Waals surface area contributed by atoms with Crippen molar-refractivity contribution in [3.63, 3.8) is 0 Å². The molecule has 140 valence electrons. The van der Waals surface area contributed by atoms with E-state index < -0.39 is 5.56 Å². The first-order valence-corrected chi connectivity index (χ1v) is 9.54. The summed E-state index contributed by atoms with van der Waals surface area (Å²) in [5.41, 5.74) is 0.499. The lowest BCUT2D eigenvalue weighted by Gasteiger charge is -2.28. The molecule has 0 radical (unpaired) electrons. The van der Waals surface area contributed by atoms with Crippen LogP contribution in [0.1, 0.15) is 12.8 Å². The number of amides is 2. The van der Waals surface area contributed by atoms with Crippen LogP contribution in [0.4, 0.5) is 11.4 Å². The number of fused-ring (bicyclic) bond motifs is 1. The molecule has 0 unspecified atom stereocenters. The number of carbonyl (C=O) groups is 2. The SMILES string of the molecule is COc1cccc(NC(=O)Cn2ncc3c(c2=O)N(C2CC2)C(=O)CS3)c1. The number of benzene rings is 1. The highest BCUT2D eigenvalue weighted by Crippen LogP contribution is 2.38. The molecule has 0 atom stereocenters. The number of rotatable bonds is 5. The predicted octanol–water partition coefficient (Wildman–Crippen LogP) is 1.49. The second kappa shape index (κ2) is 7.07. The fourth-order valence-corrected chi connectivity index (χ4v) is 3.86. The van der Waals surface area contributed by atoms with Gasteiger partial charge in [0.1, 0.15) is 18.0 Å². The number of nitrogens with one attached hydrogen (secondary N) is 1. The predicted molar refractivity (Wildman–Crippen MR) is 101 cm³/mol. The van der Waals surface area contributed by atoms with Crippen LogP contribution in [-0.4, -0.2) is 40.5 Å². The Kier molecular flexibility index (Phi) is 4.61. The number of nitrogens with zero attached hydrogens (tertiary/aromatic N) is 3. The number of anilines is 2. The van der Waals surface area contributed by atoms with E-state index in [9.17, 15) is 14.4 Å². The normalized spacial score (nSPS) is 16.0. The molecule has 2 aliphatic rings. The summed E-state index contributed by atoms with van der Waals surface area (Å²) in [4.78, 5) is 39.8. The molecule has 0 saturated heterocycles. The molecular formula is C18H18N4O4S. The topological polar surface area (TPSA) is 93.5 Å². The van der Waals surface area contributed by atoms with Crippen LogP contribution in [0, 0.1) is 0 Å². The van der Waals surface area contributed by atoms with Crippen LogP contribution in [0.2, 0.25) is 0 Å². The van der Waals surface area contributed by atoms with Gasteiger partial charge in [0.2, 0.25) is 11.8 Å². The highest BCUT2D eigenvalue weighted by Gasteiger charge is 2.39. The molecule has 1 N–H and O–H groups in total. The molecule has 9 heteroatoms. The van der Waals surface area contributed by atoms with Gasteiger partial charge in [-0.05, 0) is 25.0 Å². The minimum atomic E-state index is -0.416. The van der Waals surface area contributed by atoms with Gasteiger partial charge in [0.15, 0.2) is 0 Å². The first kappa shape index (κ1) is 17.6. The molecule has 0 spiro atoms. The van der Waals surface area contributed by atoms with Crippen molar-refractivity contribution in [1.29, 1.82) is 0 Å². The Bertz CT molecular complexity index is 970. The molecule has 1 aliphatic carbocycles. The van der Waals surface area contributed by atoms with Gasteiger partial charge in [0.25, 0.3) is 5.56 Å². The molecule has 27 heavy (non-hydrogen) atoms. The minimum absolute atomic E-state index is 0.0642. The van der Waals surface area contributed by atoms with Gasteiger partial charge in [-0.2, -0.15) is 5.10 Å². The van der Waals surface area contributed by atoms with Crippen molar-refractivity contribution in [2.24, 2.45) is 0 Å². The van der Waals surface area contributed by atoms with Crippen LogP contribution in [0.3, 0.4) is 0 Å². The van der Waals surface area contributed by atoms with Crippen molar-refractivity contribution in [1.82, 2.24) is 9.78 Å². The number of carbonyl (C=O) groups excluding carboxylic acids is 2. The van der Waals surface area contributed by atoms with Gasteiger partial charge < -0.3 is 15.0 Å². The third-order valence-electron chi connectivity index (χ3n) is 4.40. The van der Waals surface area contributed by atoms with Gasteiger partial charge in [0, 0.05) is 17.8 Å². The third kappa shape index (κ3) is 3.55. The molecular weight excluding hydrogens is 368 g/mol. The van der Waals surface area contributed by atoms with Crippen LogP contribution in [-0.2, 0) is 16.1 Å². The van der Waals surface area contributed by atoms with Crippen molar-refractivity contribution < 1.29 is 14.3 Å². The minimum Gasteiger partial charge on any atom is -0.497 e. The maximum Gasteiger partial charge on any atom is 0.292 e. The van der Waals surface area contributed by atoms with E-state index in [1.54, 1.807) is 42.5 Å². The Hall–Kier alpha value is -2.81. The molecule has 0 bridgehead atoms. The van der Waals surface area contributed by atoms with E-state index in [4.69, 9.17) is 4.74 Å².